The standard InChI is InChI=1S/C21H24N4O/c1-2-13-24(18-12-11-16-7-3-4-8-17(16)14-18)21(26)15-25-20-10-6-5-9-19(20)22-23-25/h3-10,18H,2,11-15H2,1H3. The van der Waals surface area contributed by atoms with Gasteiger partial charge >= 0.3 is 0 Å². The van der Waals surface area contributed by atoms with Gasteiger partial charge in [0.2, 0.25) is 5.91 Å². The second-order valence-electron chi connectivity index (χ2n) is 6.99. The number of aromatic nitrogens is 3. The van der Waals surface area contributed by atoms with Crippen molar-refractivity contribution in [3.63, 3.8) is 0 Å². The maximum absolute atomic E-state index is 13.1. The lowest BCUT2D eigenvalue weighted by Crippen LogP contribution is -2.45. The fraction of sp³-hybridized carbons (Fsp3) is 0.381. The highest BCUT2D eigenvalue weighted by molar-refractivity contribution is 5.80. The molecule has 0 fully saturated rings. The van der Waals surface area contributed by atoms with E-state index in [0.29, 0.717) is 0 Å². The predicted molar refractivity (Wildman–Crippen MR) is 102 cm³/mol. The first-order valence-corrected chi connectivity index (χ1v) is 9.40. The third-order valence-corrected chi connectivity index (χ3v) is 5.25. The highest BCUT2D eigenvalue weighted by Crippen LogP contribution is 2.25. The fourth-order valence-corrected chi connectivity index (χ4v) is 3.95. The summed E-state index contributed by atoms with van der Waals surface area (Å²) in [5.74, 6) is 0.131. The van der Waals surface area contributed by atoms with Crippen molar-refractivity contribution < 1.29 is 4.79 Å². The van der Waals surface area contributed by atoms with Crippen LogP contribution in [0.1, 0.15) is 30.9 Å². The van der Waals surface area contributed by atoms with E-state index in [0.717, 1.165) is 43.3 Å². The Hall–Kier alpha value is -2.69. The minimum atomic E-state index is 0.131. The Labute approximate surface area is 153 Å². The zero-order valence-corrected chi connectivity index (χ0v) is 15.1. The summed E-state index contributed by atoms with van der Waals surface area (Å²) in [6.07, 6.45) is 3.98. The first-order valence-electron chi connectivity index (χ1n) is 9.40. The number of nitrogens with zero attached hydrogens (tertiary/aromatic N) is 4. The van der Waals surface area contributed by atoms with Crippen LogP contribution in [-0.2, 0) is 24.2 Å². The molecule has 1 aliphatic rings. The number of carbonyl (C=O) groups excluding carboxylic acids is 1. The van der Waals surface area contributed by atoms with Crippen LogP contribution in [0.4, 0.5) is 0 Å². The van der Waals surface area contributed by atoms with E-state index in [9.17, 15) is 4.79 Å². The fourth-order valence-electron chi connectivity index (χ4n) is 3.95. The van der Waals surface area contributed by atoms with Gasteiger partial charge in [0.15, 0.2) is 0 Å². The second kappa shape index (κ2) is 7.28. The summed E-state index contributed by atoms with van der Waals surface area (Å²) in [6.45, 7) is 3.17. The molecule has 0 bridgehead atoms. The number of hydrogen-bond donors (Lipinski definition) is 0. The third kappa shape index (κ3) is 3.21. The van der Waals surface area contributed by atoms with Crippen molar-refractivity contribution in [3.8, 4) is 0 Å². The molecule has 0 saturated heterocycles. The molecule has 26 heavy (non-hydrogen) atoms. The molecular weight excluding hydrogens is 324 g/mol. The van der Waals surface area contributed by atoms with E-state index in [2.05, 4.69) is 46.4 Å². The zero-order valence-electron chi connectivity index (χ0n) is 15.1. The highest BCUT2D eigenvalue weighted by Gasteiger charge is 2.27. The summed E-state index contributed by atoms with van der Waals surface area (Å²) in [7, 11) is 0. The topological polar surface area (TPSA) is 51.0 Å². The normalized spacial score (nSPS) is 16.4. The first-order chi connectivity index (χ1) is 12.8. The molecule has 2 aromatic carbocycles. The van der Waals surface area contributed by atoms with Crippen LogP contribution in [0.5, 0.6) is 0 Å². The SMILES string of the molecule is CCCN(C(=O)Cn1nnc2ccccc21)C1CCc2ccccc2C1. The van der Waals surface area contributed by atoms with Crippen molar-refractivity contribution in [2.24, 2.45) is 0 Å². The van der Waals surface area contributed by atoms with Crippen LogP contribution < -0.4 is 0 Å². The van der Waals surface area contributed by atoms with Gasteiger partial charge in [-0.05, 0) is 48.9 Å². The number of carbonyl (C=O) groups is 1. The van der Waals surface area contributed by atoms with Crippen LogP contribution in [0, 0.1) is 0 Å². The average Bonchev–Trinajstić information content (AvgIpc) is 3.08. The zero-order chi connectivity index (χ0) is 17.9. The molecule has 0 radical (unpaired) electrons. The van der Waals surface area contributed by atoms with Crippen molar-refractivity contribution in [2.45, 2.75) is 45.2 Å². The smallest absolute Gasteiger partial charge is 0.244 e. The lowest BCUT2D eigenvalue weighted by Gasteiger charge is -2.35. The van der Waals surface area contributed by atoms with Crippen molar-refractivity contribution >= 4 is 16.9 Å². The molecular formula is C21H24N4O. The Kier molecular flexibility index (Phi) is 4.69. The van der Waals surface area contributed by atoms with Gasteiger partial charge in [0, 0.05) is 12.6 Å². The summed E-state index contributed by atoms with van der Waals surface area (Å²) in [5.41, 5.74) is 4.54. The summed E-state index contributed by atoms with van der Waals surface area (Å²) in [6, 6.07) is 16.6. The molecule has 1 amide bonds. The molecule has 0 aliphatic heterocycles. The van der Waals surface area contributed by atoms with Crippen LogP contribution in [0.25, 0.3) is 11.0 Å². The van der Waals surface area contributed by atoms with Crippen LogP contribution in [0.3, 0.4) is 0 Å². The Balaban J connectivity index is 1.54. The van der Waals surface area contributed by atoms with Gasteiger partial charge in [-0.2, -0.15) is 0 Å². The summed E-state index contributed by atoms with van der Waals surface area (Å²) in [5, 5.41) is 8.34. The van der Waals surface area contributed by atoms with E-state index in [1.54, 1.807) is 4.68 Å². The maximum Gasteiger partial charge on any atom is 0.244 e. The van der Waals surface area contributed by atoms with Crippen molar-refractivity contribution in [2.75, 3.05) is 6.54 Å². The molecule has 134 valence electrons. The van der Waals surface area contributed by atoms with Crippen LogP contribution in [0.2, 0.25) is 0 Å². The average molecular weight is 348 g/mol. The van der Waals surface area contributed by atoms with E-state index >= 15 is 0 Å². The Morgan fingerprint density at radius 1 is 1.15 bits per heavy atom. The number of rotatable bonds is 5. The maximum atomic E-state index is 13.1. The van der Waals surface area contributed by atoms with Gasteiger partial charge in [0.1, 0.15) is 12.1 Å². The number of amides is 1. The van der Waals surface area contributed by atoms with Gasteiger partial charge < -0.3 is 4.90 Å². The summed E-state index contributed by atoms with van der Waals surface area (Å²) in [4.78, 5) is 15.2. The third-order valence-electron chi connectivity index (χ3n) is 5.25. The van der Waals surface area contributed by atoms with Gasteiger partial charge in [-0.15, -0.1) is 5.10 Å². The monoisotopic (exact) mass is 348 g/mol. The molecule has 4 rings (SSSR count). The van der Waals surface area contributed by atoms with E-state index in [1.807, 2.05) is 24.3 Å². The first kappa shape index (κ1) is 16.8. The largest absolute Gasteiger partial charge is 0.338 e. The van der Waals surface area contributed by atoms with Gasteiger partial charge in [-0.3, -0.25) is 4.79 Å². The molecule has 0 saturated carbocycles. The van der Waals surface area contributed by atoms with E-state index in [4.69, 9.17) is 0 Å². The summed E-state index contributed by atoms with van der Waals surface area (Å²) >= 11 is 0. The van der Waals surface area contributed by atoms with Gasteiger partial charge in [-0.1, -0.05) is 48.5 Å². The number of aryl methyl sites for hydroxylation is 1. The molecule has 1 heterocycles. The molecule has 5 nitrogen and oxygen atoms in total. The molecule has 1 unspecified atom stereocenters. The molecule has 1 atom stereocenters. The van der Waals surface area contributed by atoms with E-state index < -0.39 is 0 Å². The lowest BCUT2D eigenvalue weighted by molar-refractivity contribution is -0.134. The minimum Gasteiger partial charge on any atom is -0.338 e. The summed E-state index contributed by atoms with van der Waals surface area (Å²) < 4.78 is 1.72. The van der Waals surface area contributed by atoms with Crippen molar-refractivity contribution in [1.29, 1.82) is 0 Å². The molecule has 3 aromatic rings. The van der Waals surface area contributed by atoms with Gasteiger partial charge in [0.25, 0.3) is 0 Å². The van der Waals surface area contributed by atoms with Crippen LogP contribution in [-0.4, -0.2) is 38.4 Å². The molecule has 1 aromatic heterocycles. The number of benzene rings is 2. The predicted octanol–water partition coefficient (Wildman–Crippen LogP) is 3.23. The Morgan fingerprint density at radius 3 is 2.77 bits per heavy atom. The molecule has 0 N–H and O–H groups in total. The highest BCUT2D eigenvalue weighted by atomic mass is 16.2. The van der Waals surface area contributed by atoms with Crippen LogP contribution >= 0.6 is 0 Å². The Bertz CT molecular complexity index is 917. The van der Waals surface area contributed by atoms with Crippen molar-refractivity contribution in [3.05, 3.63) is 59.7 Å². The van der Waals surface area contributed by atoms with E-state index in [-0.39, 0.29) is 18.5 Å². The van der Waals surface area contributed by atoms with Crippen molar-refractivity contribution in [1.82, 2.24) is 19.9 Å². The quantitative estimate of drug-likeness (QED) is 0.711. The van der Waals surface area contributed by atoms with Gasteiger partial charge in [-0.25, -0.2) is 4.68 Å². The molecule has 1 aliphatic carbocycles. The Morgan fingerprint density at radius 2 is 1.92 bits per heavy atom. The van der Waals surface area contributed by atoms with Crippen LogP contribution in [0.15, 0.2) is 48.5 Å². The number of fused-ring (bicyclic) bond motifs is 2. The number of para-hydroxylation sites is 1. The molecule has 5 heteroatoms. The minimum absolute atomic E-state index is 0.131. The number of hydrogen-bond acceptors (Lipinski definition) is 3. The second-order valence-corrected chi connectivity index (χ2v) is 6.99. The van der Waals surface area contributed by atoms with E-state index in [1.165, 1.54) is 11.1 Å². The lowest BCUT2D eigenvalue weighted by atomic mass is 9.87. The van der Waals surface area contributed by atoms with Gasteiger partial charge in [0.05, 0.1) is 5.52 Å². The molecule has 0 spiro atoms.